The minimum atomic E-state index is 0.256. The fourth-order valence-corrected chi connectivity index (χ4v) is 2.88. The van der Waals surface area contributed by atoms with Gasteiger partial charge in [-0.2, -0.15) is 4.98 Å². The Morgan fingerprint density at radius 1 is 1.27 bits per heavy atom. The molecule has 1 aromatic carbocycles. The largest absolute Gasteiger partial charge is 0.381 e. The van der Waals surface area contributed by atoms with Crippen molar-refractivity contribution >= 4 is 0 Å². The van der Waals surface area contributed by atoms with Gasteiger partial charge in [0.2, 0.25) is 5.89 Å². The number of hydrogen-bond donors (Lipinski definition) is 1. The van der Waals surface area contributed by atoms with E-state index in [-0.39, 0.29) is 6.04 Å². The average molecular weight is 301 g/mol. The van der Waals surface area contributed by atoms with E-state index in [1.807, 2.05) is 0 Å². The molecule has 1 saturated heterocycles. The third-order valence-corrected chi connectivity index (χ3v) is 4.28. The molecule has 118 valence electrons. The Kier molecular flexibility index (Phi) is 4.85. The first-order valence-electron chi connectivity index (χ1n) is 7.93. The van der Waals surface area contributed by atoms with Crippen LogP contribution in [0.25, 0.3) is 0 Å². The second kappa shape index (κ2) is 7.03. The van der Waals surface area contributed by atoms with Crippen molar-refractivity contribution in [1.29, 1.82) is 0 Å². The van der Waals surface area contributed by atoms with Crippen LogP contribution in [0.2, 0.25) is 0 Å². The normalized spacial score (nSPS) is 17.5. The van der Waals surface area contributed by atoms with E-state index >= 15 is 0 Å². The summed E-state index contributed by atoms with van der Waals surface area (Å²) in [4.78, 5) is 4.53. The molecule has 0 bridgehead atoms. The maximum absolute atomic E-state index is 5.41. The molecule has 2 aromatic rings. The van der Waals surface area contributed by atoms with Gasteiger partial charge in [0.05, 0.1) is 6.54 Å². The van der Waals surface area contributed by atoms with E-state index in [1.165, 1.54) is 11.1 Å². The molecule has 0 unspecified atom stereocenters. The number of nitrogens with one attached hydrogen (secondary N) is 1. The van der Waals surface area contributed by atoms with Crippen molar-refractivity contribution in [3.05, 3.63) is 47.1 Å². The number of aryl methyl sites for hydroxylation is 1. The van der Waals surface area contributed by atoms with Gasteiger partial charge in [0.1, 0.15) is 0 Å². The van der Waals surface area contributed by atoms with Crippen molar-refractivity contribution in [2.75, 3.05) is 13.2 Å². The topological polar surface area (TPSA) is 60.2 Å². The minimum Gasteiger partial charge on any atom is -0.381 e. The summed E-state index contributed by atoms with van der Waals surface area (Å²) in [5.41, 5.74) is 2.59. The van der Waals surface area contributed by atoms with Crippen LogP contribution in [0.5, 0.6) is 0 Å². The van der Waals surface area contributed by atoms with Crippen molar-refractivity contribution in [3.63, 3.8) is 0 Å². The van der Waals surface area contributed by atoms with Crippen LogP contribution in [-0.4, -0.2) is 23.4 Å². The van der Waals surface area contributed by atoms with Crippen LogP contribution < -0.4 is 5.32 Å². The highest BCUT2D eigenvalue weighted by Gasteiger charge is 2.22. The number of hydrogen-bond acceptors (Lipinski definition) is 5. The molecule has 1 atom stereocenters. The summed E-state index contributed by atoms with van der Waals surface area (Å²) in [5.74, 6) is 1.83. The first-order valence-corrected chi connectivity index (χ1v) is 7.93. The molecule has 0 amide bonds. The first kappa shape index (κ1) is 15.2. The van der Waals surface area contributed by atoms with Crippen LogP contribution in [0.1, 0.15) is 54.6 Å². The van der Waals surface area contributed by atoms with E-state index in [9.17, 15) is 0 Å². The lowest BCUT2D eigenvalue weighted by molar-refractivity contribution is 0.0778. The van der Waals surface area contributed by atoms with Gasteiger partial charge >= 0.3 is 0 Å². The standard InChI is InChI=1S/C17H23N3O2/c1-12-5-3-4-6-15(12)13(2)18-11-16-19-17(22-20-16)14-7-9-21-10-8-14/h3-6,13-14,18H,7-11H2,1-2H3/t13-/m0/s1. The van der Waals surface area contributed by atoms with E-state index < -0.39 is 0 Å². The van der Waals surface area contributed by atoms with Crippen molar-refractivity contribution in [2.24, 2.45) is 0 Å². The molecular formula is C17H23N3O2. The summed E-state index contributed by atoms with van der Waals surface area (Å²) in [6.07, 6.45) is 1.93. The Bertz CT molecular complexity index is 605. The first-order chi connectivity index (χ1) is 10.7. The Morgan fingerprint density at radius 3 is 2.82 bits per heavy atom. The van der Waals surface area contributed by atoms with Gasteiger partial charge in [-0.1, -0.05) is 29.4 Å². The Hall–Kier alpha value is -1.72. The highest BCUT2D eigenvalue weighted by atomic mass is 16.5. The summed E-state index contributed by atoms with van der Waals surface area (Å²) in [6.45, 7) is 6.46. The second-order valence-electron chi connectivity index (χ2n) is 5.89. The number of rotatable bonds is 5. The number of benzene rings is 1. The monoisotopic (exact) mass is 301 g/mol. The van der Waals surface area contributed by atoms with E-state index in [0.29, 0.717) is 12.5 Å². The predicted octanol–water partition coefficient (Wildman–Crippen LogP) is 3.12. The molecule has 1 N–H and O–H groups in total. The van der Waals surface area contributed by atoms with Crippen LogP contribution in [0.3, 0.4) is 0 Å². The van der Waals surface area contributed by atoms with E-state index in [1.54, 1.807) is 0 Å². The highest BCUT2D eigenvalue weighted by molar-refractivity contribution is 5.28. The zero-order chi connectivity index (χ0) is 15.4. The molecular weight excluding hydrogens is 278 g/mol. The molecule has 0 aliphatic carbocycles. The van der Waals surface area contributed by atoms with Crippen LogP contribution in [-0.2, 0) is 11.3 Å². The molecule has 22 heavy (non-hydrogen) atoms. The molecule has 2 heterocycles. The van der Waals surface area contributed by atoms with Crippen molar-refractivity contribution in [1.82, 2.24) is 15.5 Å². The summed E-state index contributed by atoms with van der Waals surface area (Å²) >= 11 is 0. The van der Waals surface area contributed by atoms with E-state index in [4.69, 9.17) is 9.26 Å². The Labute approximate surface area is 131 Å². The molecule has 1 aliphatic rings. The van der Waals surface area contributed by atoms with Crippen LogP contribution >= 0.6 is 0 Å². The number of aromatic nitrogens is 2. The fraction of sp³-hybridized carbons (Fsp3) is 0.529. The average Bonchev–Trinajstić information content (AvgIpc) is 3.03. The molecule has 0 spiro atoms. The van der Waals surface area contributed by atoms with E-state index in [0.717, 1.165) is 37.8 Å². The molecule has 5 nitrogen and oxygen atoms in total. The van der Waals surface area contributed by atoms with Crippen LogP contribution in [0, 0.1) is 6.92 Å². The molecule has 0 saturated carbocycles. The number of ether oxygens (including phenoxy) is 1. The van der Waals surface area contributed by atoms with Gasteiger partial charge in [-0.15, -0.1) is 0 Å². The minimum absolute atomic E-state index is 0.256. The maximum atomic E-state index is 5.41. The predicted molar refractivity (Wildman–Crippen MR) is 83.5 cm³/mol. The lowest BCUT2D eigenvalue weighted by Crippen LogP contribution is -2.19. The number of nitrogens with zero attached hydrogens (tertiary/aromatic N) is 2. The second-order valence-corrected chi connectivity index (χ2v) is 5.89. The SMILES string of the molecule is Cc1ccccc1[C@H](C)NCc1noc(C2CCOCC2)n1. The summed E-state index contributed by atoms with van der Waals surface area (Å²) in [7, 11) is 0. The quantitative estimate of drug-likeness (QED) is 0.919. The molecule has 1 aliphatic heterocycles. The maximum Gasteiger partial charge on any atom is 0.229 e. The zero-order valence-corrected chi connectivity index (χ0v) is 13.2. The molecule has 5 heteroatoms. The zero-order valence-electron chi connectivity index (χ0n) is 13.2. The summed E-state index contributed by atoms with van der Waals surface area (Å²) in [5, 5.41) is 7.55. The highest BCUT2D eigenvalue weighted by Crippen LogP contribution is 2.25. The summed E-state index contributed by atoms with van der Waals surface area (Å²) in [6, 6.07) is 8.66. The van der Waals surface area contributed by atoms with Crippen molar-refractivity contribution in [3.8, 4) is 0 Å². The fourth-order valence-electron chi connectivity index (χ4n) is 2.88. The van der Waals surface area contributed by atoms with Gasteiger partial charge in [0.15, 0.2) is 5.82 Å². The third kappa shape index (κ3) is 3.54. The van der Waals surface area contributed by atoms with Gasteiger partial charge in [-0.25, -0.2) is 0 Å². The Morgan fingerprint density at radius 2 is 2.05 bits per heavy atom. The van der Waals surface area contributed by atoms with E-state index in [2.05, 4.69) is 53.6 Å². The van der Waals surface area contributed by atoms with Gasteiger partial charge in [0, 0.05) is 25.2 Å². The molecule has 0 radical (unpaired) electrons. The lowest BCUT2D eigenvalue weighted by atomic mass is 10.0. The lowest BCUT2D eigenvalue weighted by Gasteiger charge is -2.18. The molecule has 3 rings (SSSR count). The van der Waals surface area contributed by atoms with Crippen LogP contribution in [0.15, 0.2) is 28.8 Å². The van der Waals surface area contributed by atoms with Gasteiger partial charge in [0.25, 0.3) is 0 Å². The smallest absolute Gasteiger partial charge is 0.229 e. The molecule has 1 fully saturated rings. The summed E-state index contributed by atoms with van der Waals surface area (Å²) < 4.78 is 10.8. The molecule has 1 aromatic heterocycles. The van der Waals surface area contributed by atoms with Crippen molar-refractivity contribution in [2.45, 2.75) is 45.2 Å². The van der Waals surface area contributed by atoms with Crippen LogP contribution in [0.4, 0.5) is 0 Å². The van der Waals surface area contributed by atoms with Gasteiger partial charge in [-0.05, 0) is 37.8 Å². The van der Waals surface area contributed by atoms with Gasteiger partial charge < -0.3 is 14.6 Å². The van der Waals surface area contributed by atoms with Crippen molar-refractivity contribution < 1.29 is 9.26 Å². The Balaban J connectivity index is 1.57. The third-order valence-electron chi connectivity index (χ3n) is 4.28. The van der Waals surface area contributed by atoms with Gasteiger partial charge in [-0.3, -0.25) is 0 Å².